The molecule has 0 aliphatic rings. The summed E-state index contributed by atoms with van der Waals surface area (Å²) in [6.07, 6.45) is 0.209. The van der Waals surface area contributed by atoms with Crippen molar-refractivity contribution in [2.45, 2.75) is 52.7 Å². The van der Waals surface area contributed by atoms with Gasteiger partial charge >= 0.3 is 10.2 Å². The van der Waals surface area contributed by atoms with E-state index in [0.29, 0.717) is 26.9 Å². The van der Waals surface area contributed by atoms with E-state index in [2.05, 4.69) is 5.32 Å². The van der Waals surface area contributed by atoms with Crippen LogP contribution in [0.3, 0.4) is 0 Å². The second kappa shape index (κ2) is 14.4. The summed E-state index contributed by atoms with van der Waals surface area (Å²) in [5.74, 6) is -0.923. The van der Waals surface area contributed by atoms with E-state index >= 15 is 0 Å². The molecule has 3 aromatic rings. The Balaban J connectivity index is 2.16. The number of nitrogens with zero attached hydrogens (tertiary/aromatic N) is 3. The van der Waals surface area contributed by atoms with Crippen LogP contribution in [0.25, 0.3) is 0 Å². The van der Waals surface area contributed by atoms with Crippen molar-refractivity contribution < 1.29 is 18.0 Å². The van der Waals surface area contributed by atoms with Gasteiger partial charge in [-0.2, -0.15) is 12.7 Å². The largest absolute Gasteiger partial charge is 0.352 e. The normalized spacial score (nSPS) is 12.3. The van der Waals surface area contributed by atoms with Crippen molar-refractivity contribution in [3.05, 3.63) is 99.0 Å². The Bertz CT molecular complexity index is 1510. The SMILES string of the molecule is Cc1ccc(C)c(N(CC(=O)N(Cc2ccc(Cl)cc2Cl)[C@@H](Cc2ccccc2)C(=O)NC(C)C)S(=O)(=O)N(C)C)c1. The molecule has 0 spiro atoms. The average Bonchev–Trinajstić information content (AvgIpc) is 2.91. The van der Waals surface area contributed by atoms with Gasteiger partial charge in [-0.05, 0) is 68.1 Å². The number of hydrogen-bond acceptors (Lipinski definition) is 4. The molecule has 8 nitrogen and oxygen atoms in total. The van der Waals surface area contributed by atoms with Crippen molar-refractivity contribution in [2.75, 3.05) is 24.9 Å². The molecule has 0 radical (unpaired) electrons. The number of rotatable bonds is 12. The van der Waals surface area contributed by atoms with Gasteiger partial charge in [0.25, 0.3) is 0 Å². The second-order valence-corrected chi connectivity index (χ2v) is 13.6. The molecule has 1 N–H and O–H groups in total. The lowest BCUT2D eigenvalue weighted by atomic mass is 10.0. The number of carbonyl (C=O) groups excluding carboxylic acids is 2. The fraction of sp³-hybridized carbons (Fsp3) is 0.355. The molecule has 0 fully saturated rings. The molecule has 0 unspecified atom stereocenters. The van der Waals surface area contributed by atoms with Crippen LogP contribution < -0.4 is 9.62 Å². The number of halogens is 2. The van der Waals surface area contributed by atoms with Crippen LogP contribution in [0.1, 0.15) is 36.1 Å². The molecule has 0 aliphatic carbocycles. The lowest BCUT2D eigenvalue weighted by Gasteiger charge is -2.35. The third-order valence-electron chi connectivity index (χ3n) is 6.71. The topological polar surface area (TPSA) is 90.0 Å². The summed E-state index contributed by atoms with van der Waals surface area (Å²) in [5.41, 5.74) is 3.31. The number of carbonyl (C=O) groups is 2. The molecule has 42 heavy (non-hydrogen) atoms. The molecule has 0 bridgehead atoms. The van der Waals surface area contributed by atoms with Gasteiger partial charge in [0.05, 0.1) is 5.69 Å². The maximum absolute atomic E-state index is 14.3. The van der Waals surface area contributed by atoms with Gasteiger partial charge < -0.3 is 10.2 Å². The van der Waals surface area contributed by atoms with Crippen LogP contribution in [-0.4, -0.2) is 62.2 Å². The monoisotopic (exact) mass is 632 g/mol. The molecule has 11 heteroatoms. The number of nitrogens with one attached hydrogen (secondary N) is 1. The van der Waals surface area contributed by atoms with Gasteiger partial charge in [0.15, 0.2) is 0 Å². The van der Waals surface area contributed by atoms with Crippen LogP contribution in [0.15, 0.2) is 66.7 Å². The summed E-state index contributed by atoms with van der Waals surface area (Å²) in [6, 6.07) is 18.6. The lowest BCUT2D eigenvalue weighted by molar-refractivity contribution is -0.140. The quantitative estimate of drug-likeness (QED) is 0.290. The van der Waals surface area contributed by atoms with Gasteiger partial charge in [-0.3, -0.25) is 9.59 Å². The molecule has 0 saturated heterocycles. The standard InChI is InChI=1S/C31H38Cl2N4O4S/c1-21(2)34-31(39)29(17-24-10-8-7-9-11-24)36(19-25-14-15-26(32)18-27(25)33)30(38)20-37(42(40,41)35(5)6)28-16-22(3)12-13-23(28)4/h7-16,18,21,29H,17,19-20H2,1-6H3,(H,34,39)/t29-/m0/s1. The Morgan fingerprint density at radius 2 is 1.60 bits per heavy atom. The highest BCUT2D eigenvalue weighted by molar-refractivity contribution is 7.90. The van der Waals surface area contributed by atoms with Crippen molar-refractivity contribution in [3.8, 4) is 0 Å². The van der Waals surface area contributed by atoms with Gasteiger partial charge in [0.2, 0.25) is 11.8 Å². The Labute approximate surface area is 259 Å². The summed E-state index contributed by atoms with van der Waals surface area (Å²) in [6.45, 7) is 6.75. The summed E-state index contributed by atoms with van der Waals surface area (Å²) in [5, 5.41) is 3.69. The van der Waals surface area contributed by atoms with Gasteiger partial charge in [0, 0.05) is 43.1 Å². The molecule has 3 aromatic carbocycles. The lowest BCUT2D eigenvalue weighted by Crippen LogP contribution is -2.55. The van der Waals surface area contributed by atoms with E-state index in [1.807, 2.05) is 63.2 Å². The molecule has 226 valence electrons. The summed E-state index contributed by atoms with van der Waals surface area (Å²) in [4.78, 5) is 29.4. The van der Waals surface area contributed by atoms with Gasteiger partial charge in [0.1, 0.15) is 12.6 Å². The molecule has 1 atom stereocenters. The maximum atomic E-state index is 14.3. The van der Waals surface area contributed by atoms with Crippen LogP contribution in [0.5, 0.6) is 0 Å². The molecule has 2 amide bonds. The predicted octanol–water partition coefficient (Wildman–Crippen LogP) is 5.39. The van der Waals surface area contributed by atoms with Crippen molar-refractivity contribution in [1.29, 1.82) is 0 Å². The highest BCUT2D eigenvalue weighted by Gasteiger charge is 2.35. The van der Waals surface area contributed by atoms with Crippen molar-refractivity contribution in [2.24, 2.45) is 0 Å². The number of anilines is 1. The zero-order valence-corrected chi connectivity index (χ0v) is 27.1. The number of aryl methyl sites for hydroxylation is 2. The first-order valence-electron chi connectivity index (χ1n) is 13.6. The molecule has 0 saturated carbocycles. The first kappa shape index (κ1) is 33.4. The van der Waals surface area contributed by atoms with Crippen molar-refractivity contribution in [3.63, 3.8) is 0 Å². The highest BCUT2D eigenvalue weighted by atomic mass is 35.5. The van der Waals surface area contributed by atoms with Crippen LogP contribution in [0.2, 0.25) is 10.0 Å². The molecule has 0 heterocycles. The Morgan fingerprint density at radius 1 is 0.929 bits per heavy atom. The van der Waals surface area contributed by atoms with Crippen LogP contribution in [-0.2, 0) is 32.8 Å². The number of benzene rings is 3. The van der Waals surface area contributed by atoms with Gasteiger partial charge in [-0.25, -0.2) is 4.31 Å². The van der Waals surface area contributed by atoms with E-state index in [1.165, 1.54) is 19.0 Å². The fourth-order valence-electron chi connectivity index (χ4n) is 4.46. The molecule has 3 rings (SSSR count). The fourth-order valence-corrected chi connectivity index (χ4v) is 6.04. The Hall–Kier alpha value is -3.11. The number of hydrogen-bond donors (Lipinski definition) is 1. The van der Waals surface area contributed by atoms with E-state index in [9.17, 15) is 18.0 Å². The summed E-state index contributed by atoms with van der Waals surface area (Å²) in [7, 11) is -1.27. The first-order valence-corrected chi connectivity index (χ1v) is 15.7. The van der Waals surface area contributed by atoms with Crippen molar-refractivity contribution in [1.82, 2.24) is 14.5 Å². The Kier molecular flexibility index (Phi) is 11.4. The second-order valence-electron chi connectivity index (χ2n) is 10.7. The highest BCUT2D eigenvalue weighted by Crippen LogP contribution is 2.28. The first-order chi connectivity index (χ1) is 19.7. The Morgan fingerprint density at radius 3 is 2.19 bits per heavy atom. The van der Waals surface area contributed by atoms with E-state index in [0.717, 1.165) is 19.7 Å². The minimum absolute atomic E-state index is 0.0412. The summed E-state index contributed by atoms with van der Waals surface area (Å²) < 4.78 is 29.4. The van der Waals surface area contributed by atoms with Crippen LogP contribution >= 0.6 is 23.2 Å². The van der Waals surface area contributed by atoms with Crippen molar-refractivity contribution >= 4 is 50.9 Å². The molecule has 0 aromatic heterocycles. The molecular formula is C31H38Cl2N4O4S. The molecular weight excluding hydrogens is 595 g/mol. The smallest absolute Gasteiger partial charge is 0.304 e. The van der Waals surface area contributed by atoms with E-state index in [4.69, 9.17) is 23.2 Å². The van der Waals surface area contributed by atoms with Gasteiger partial charge in [-0.1, -0.05) is 71.7 Å². The zero-order chi connectivity index (χ0) is 31.2. The minimum atomic E-state index is -4.10. The zero-order valence-electron chi connectivity index (χ0n) is 24.8. The average molecular weight is 634 g/mol. The van der Waals surface area contributed by atoms with E-state index in [1.54, 1.807) is 31.2 Å². The third kappa shape index (κ3) is 8.47. The van der Waals surface area contributed by atoms with Gasteiger partial charge in [-0.15, -0.1) is 0 Å². The summed E-state index contributed by atoms with van der Waals surface area (Å²) >= 11 is 12.7. The minimum Gasteiger partial charge on any atom is -0.352 e. The van der Waals surface area contributed by atoms with E-state index in [-0.39, 0.29) is 24.9 Å². The van der Waals surface area contributed by atoms with Crippen LogP contribution in [0, 0.1) is 13.8 Å². The maximum Gasteiger partial charge on any atom is 0.304 e. The predicted molar refractivity (Wildman–Crippen MR) is 170 cm³/mol. The number of amides is 2. The van der Waals surface area contributed by atoms with Crippen LogP contribution in [0.4, 0.5) is 5.69 Å². The molecule has 0 aliphatic heterocycles. The third-order valence-corrected chi connectivity index (χ3v) is 9.10. The van der Waals surface area contributed by atoms with E-state index < -0.39 is 28.7 Å².